The van der Waals surface area contributed by atoms with Crippen molar-refractivity contribution in [3.8, 4) is 0 Å². The summed E-state index contributed by atoms with van der Waals surface area (Å²) in [5, 5.41) is 5.68. The Morgan fingerprint density at radius 1 is 1.44 bits per heavy atom. The third-order valence-electron chi connectivity index (χ3n) is 2.28. The smallest absolute Gasteiger partial charge is 0.146 e. The Hall–Kier alpha value is -1.06. The number of para-hydroxylation sites is 1. The Kier molecular flexibility index (Phi) is 3.46. The van der Waals surface area contributed by atoms with Crippen LogP contribution in [0.25, 0.3) is 0 Å². The van der Waals surface area contributed by atoms with Crippen LogP contribution in [0.4, 0.5) is 10.1 Å². The van der Waals surface area contributed by atoms with E-state index in [9.17, 15) is 4.39 Å². The van der Waals surface area contributed by atoms with Gasteiger partial charge in [0, 0.05) is 16.8 Å². The second-order valence-corrected chi connectivity index (χ2v) is 4.95. The Labute approximate surface area is 103 Å². The molecule has 0 radical (unpaired) electrons. The third-order valence-corrected chi connectivity index (χ3v) is 3.57. The predicted octanol–water partition coefficient (Wildman–Crippen LogP) is 4.46. The quantitative estimate of drug-likeness (QED) is 0.854. The van der Waals surface area contributed by atoms with E-state index in [-0.39, 0.29) is 5.82 Å². The standard InChI is InChI=1S/C12H11ClFNS/c1-8-3-2-4-11(14)12(8)15-6-10-5-9(13)7-16-10/h2-5,7,15H,6H2,1H3. The highest BCUT2D eigenvalue weighted by atomic mass is 35.5. The zero-order chi connectivity index (χ0) is 11.5. The third kappa shape index (κ3) is 2.54. The SMILES string of the molecule is Cc1cccc(F)c1NCc1cc(Cl)cs1. The molecule has 0 fully saturated rings. The molecule has 0 bridgehead atoms. The van der Waals surface area contributed by atoms with Crippen LogP contribution in [-0.4, -0.2) is 0 Å². The monoisotopic (exact) mass is 255 g/mol. The number of halogens is 2. The van der Waals surface area contributed by atoms with E-state index in [1.54, 1.807) is 17.4 Å². The van der Waals surface area contributed by atoms with Crippen molar-refractivity contribution in [3.05, 3.63) is 50.9 Å². The summed E-state index contributed by atoms with van der Waals surface area (Å²) < 4.78 is 13.5. The van der Waals surface area contributed by atoms with Crippen LogP contribution in [0.5, 0.6) is 0 Å². The van der Waals surface area contributed by atoms with E-state index in [0.29, 0.717) is 12.2 Å². The molecule has 0 aliphatic rings. The number of nitrogens with one attached hydrogen (secondary N) is 1. The minimum Gasteiger partial charge on any atom is -0.378 e. The molecule has 0 saturated carbocycles. The van der Waals surface area contributed by atoms with Gasteiger partial charge in [0.2, 0.25) is 0 Å². The lowest BCUT2D eigenvalue weighted by Gasteiger charge is -2.09. The van der Waals surface area contributed by atoms with Gasteiger partial charge in [-0.1, -0.05) is 23.7 Å². The fourth-order valence-corrected chi connectivity index (χ4v) is 2.49. The number of thiophene rings is 1. The van der Waals surface area contributed by atoms with Crippen molar-refractivity contribution >= 4 is 28.6 Å². The first-order chi connectivity index (χ1) is 7.66. The van der Waals surface area contributed by atoms with Gasteiger partial charge in [-0.25, -0.2) is 4.39 Å². The van der Waals surface area contributed by atoms with Gasteiger partial charge < -0.3 is 5.32 Å². The molecule has 2 aromatic rings. The molecule has 1 heterocycles. The summed E-state index contributed by atoms with van der Waals surface area (Å²) in [7, 11) is 0. The van der Waals surface area contributed by atoms with Crippen molar-refractivity contribution in [1.82, 2.24) is 0 Å². The number of hydrogen-bond acceptors (Lipinski definition) is 2. The lowest BCUT2D eigenvalue weighted by Crippen LogP contribution is -2.01. The van der Waals surface area contributed by atoms with Crippen molar-refractivity contribution in [1.29, 1.82) is 0 Å². The maximum Gasteiger partial charge on any atom is 0.146 e. The number of benzene rings is 1. The zero-order valence-electron chi connectivity index (χ0n) is 8.76. The van der Waals surface area contributed by atoms with Gasteiger partial charge in [-0.05, 0) is 24.6 Å². The maximum atomic E-state index is 13.5. The summed E-state index contributed by atoms with van der Waals surface area (Å²) in [4.78, 5) is 1.09. The predicted molar refractivity (Wildman–Crippen MR) is 67.8 cm³/mol. The van der Waals surface area contributed by atoms with Crippen molar-refractivity contribution < 1.29 is 4.39 Å². The molecule has 0 aliphatic carbocycles. The summed E-state index contributed by atoms with van der Waals surface area (Å²) in [6.07, 6.45) is 0. The minimum atomic E-state index is -0.220. The average molecular weight is 256 g/mol. The average Bonchev–Trinajstić information content (AvgIpc) is 2.63. The molecule has 0 unspecified atom stereocenters. The molecule has 0 saturated heterocycles. The van der Waals surface area contributed by atoms with Gasteiger partial charge >= 0.3 is 0 Å². The van der Waals surface area contributed by atoms with Gasteiger partial charge in [-0.15, -0.1) is 11.3 Å². The fourth-order valence-electron chi connectivity index (χ4n) is 1.48. The molecule has 0 atom stereocenters. The van der Waals surface area contributed by atoms with Crippen LogP contribution < -0.4 is 5.32 Å². The molecule has 0 aliphatic heterocycles. The Morgan fingerprint density at radius 3 is 2.88 bits per heavy atom. The Bertz CT molecular complexity index is 475. The van der Waals surface area contributed by atoms with Crippen LogP contribution in [0.15, 0.2) is 29.6 Å². The molecule has 2 rings (SSSR count). The highest BCUT2D eigenvalue weighted by Crippen LogP contribution is 2.23. The van der Waals surface area contributed by atoms with Gasteiger partial charge in [-0.2, -0.15) is 0 Å². The number of rotatable bonds is 3. The van der Waals surface area contributed by atoms with E-state index < -0.39 is 0 Å². The van der Waals surface area contributed by atoms with Gasteiger partial charge in [0.05, 0.1) is 10.7 Å². The van der Waals surface area contributed by atoms with Crippen molar-refractivity contribution in [2.75, 3.05) is 5.32 Å². The first-order valence-corrected chi connectivity index (χ1v) is 6.14. The summed E-state index contributed by atoms with van der Waals surface area (Å²) in [6, 6.07) is 6.93. The van der Waals surface area contributed by atoms with Crippen molar-refractivity contribution in [2.24, 2.45) is 0 Å². The zero-order valence-corrected chi connectivity index (χ0v) is 10.3. The second-order valence-electron chi connectivity index (χ2n) is 3.52. The Morgan fingerprint density at radius 2 is 2.25 bits per heavy atom. The molecular weight excluding hydrogens is 245 g/mol. The first kappa shape index (κ1) is 11.4. The summed E-state index contributed by atoms with van der Waals surface area (Å²) in [6.45, 7) is 2.48. The first-order valence-electron chi connectivity index (χ1n) is 4.88. The summed E-state index contributed by atoms with van der Waals surface area (Å²) in [5.41, 5.74) is 1.47. The van der Waals surface area contributed by atoms with Gasteiger partial charge in [0.25, 0.3) is 0 Å². The molecule has 84 valence electrons. The summed E-state index contributed by atoms with van der Waals surface area (Å²) >= 11 is 7.38. The van der Waals surface area contributed by atoms with Crippen molar-refractivity contribution in [2.45, 2.75) is 13.5 Å². The van der Waals surface area contributed by atoms with Crippen LogP contribution >= 0.6 is 22.9 Å². The summed E-state index contributed by atoms with van der Waals surface area (Å²) in [5.74, 6) is -0.220. The second kappa shape index (κ2) is 4.85. The van der Waals surface area contributed by atoms with E-state index in [4.69, 9.17) is 11.6 Å². The molecule has 4 heteroatoms. The van der Waals surface area contributed by atoms with E-state index in [1.807, 2.05) is 24.4 Å². The lowest BCUT2D eigenvalue weighted by atomic mass is 10.2. The van der Waals surface area contributed by atoms with Crippen LogP contribution in [0.2, 0.25) is 5.02 Å². The van der Waals surface area contributed by atoms with Crippen LogP contribution in [0.3, 0.4) is 0 Å². The lowest BCUT2D eigenvalue weighted by molar-refractivity contribution is 0.629. The van der Waals surface area contributed by atoms with Crippen molar-refractivity contribution in [3.63, 3.8) is 0 Å². The molecule has 1 aromatic heterocycles. The number of hydrogen-bond donors (Lipinski definition) is 1. The molecule has 0 amide bonds. The highest BCUT2D eigenvalue weighted by Gasteiger charge is 2.05. The van der Waals surface area contributed by atoms with Gasteiger partial charge in [0.15, 0.2) is 0 Å². The van der Waals surface area contributed by atoms with E-state index in [1.165, 1.54) is 6.07 Å². The Balaban J connectivity index is 2.10. The number of anilines is 1. The molecule has 16 heavy (non-hydrogen) atoms. The van der Waals surface area contributed by atoms with E-state index in [2.05, 4.69) is 5.32 Å². The van der Waals surface area contributed by atoms with Crippen LogP contribution in [0, 0.1) is 12.7 Å². The van der Waals surface area contributed by atoms with Crippen LogP contribution in [0.1, 0.15) is 10.4 Å². The normalized spacial score (nSPS) is 10.4. The molecule has 1 aromatic carbocycles. The minimum absolute atomic E-state index is 0.220. The maximum absolute atomic E-state index is 13.5. The largest absolute Gasteiger partial charge is 0.378 e. The van der Waals surface area contributed by atoms with E-state index in [0.717, 1.165) is 15.5 Å². The highest BCUT2D eigenvalue weighted by molar-refractivity contribution is 7.10. The molecule has 0 spiro atoms. The molecule has 1 nitrogen and oxygen atoms in total. The molecule has 1 N–H and O–H groups in total. The topological polar surface area (TPSA) is 12.0 Å². The van der Waals surface area contributed by atoms with Crippen LogP contribution in [-0.2, 0) is 6.54 Å². The molecular formula is C12H11ClFNS. The number of aryl methyl sites for hydroxylation is 1. The van der Waals surface area contributed by atoms with Gasteiger partial charge in [0.1, 0.15) is 5.82 Å². The fraction of sp³-hybridized carbons (Fsp3) is 0.167. The van der Waals surface area contributed by atoms with Gasteiger partial charge in [-0.3, -0.25) is 0 Å². The van der Waals surface area contributed by atoms with E-state index >= 15 is 0 Å².